The summed E-state index contributed by atoms with van der Waals surface area (Å²) >= 11 is 0. The zero-order valence-corrected chi connectivity index (χ0v) is 10.8. The minimum atomic E-state index is -1.23. The van der Waals surface area contributed by atoms with Crippen molar-refractivity contribution >= 4 is 16.9 Å². The third-order valence-electron chi connectivity index (χ3n) is 3.11. The molecule has 2 rings (SSSR count). The van der Waals surface area contributed by atoms with Gasteiger partial charge in [-0.3, -0.25) is 0 Å². The van der Waals surface area contributed by atoms with Crippen LogP contribution in [-0.4, -0.2) is 22.8 Å². The molecule has 96 valence electrons. The van der Waals surface area contributed by atoms with Gasteiger partial charge in [-0.1, -0.05) is 12.1 Å². The molecule has 0 aliphatic carbocycles. The van der Waals surface area contributed by atoms with E-state index in [1.165, 1.54) is 7.11 Å². The van der Waals surface area contributed by atoms with Gasteiger partial charge in [-0.25, -0.2) is 4.79 Å². The van der Waals surface area contributed by atoms with Crippen LogP contribution < -0.4 is 0 Å². The quantitative estimate of drug-likeness (QED) is 0.846. The van der Waals surface area contributed by atoms with Crippen molar-refractivity contribution in [1.29, 1.82) is 0 Å². The number of aryl methyl sites for hydroxylation is 2. The number of aliphatic hydroxyl groups is 1. The Labute approximate surface area is 106 Å². The van der Waals surface area contributed by atoms with Crippen molar-refractivity contribution in [3.05, 3.63) is 35.5 Å². The number of hydrogen-bond donors (Lipinski definition) is 1. The number of carbonyl (C=O) groups is 1. The van der Waals surface area contributed by atoms with Crippen molar-refractivity contribution in [1.82, 2.24) is 4.57 Å². The van der Waals surface area contributed by atoms with Crippen LogP contribution in [0.15, 0.2) is 24.3 Å². The molecular formula is C14H17NO3. The van der Waals surface area contributed by atoms with E-state index >= 15 is 0 Å². The van der Waals surface area contributed by atoms with Gasteiger partial charge in [0, 0.05) is 12.1 Å². The second kappa shape index (κ2) is 4.82. The zero-order chi connectivity index (χ0) is 13.3. The van der Waals surface area contributed by atoms with E-state index in [4.69, 9.17) is 0 Å². The van der Waals surface area contributed by atoms with Crippen LogP contribution in [0, 0.1) is 6.92 Å². The highest BCUT2D eigenvalue weighted by molar-refractivity contribution is 5.85. The van der Waals surface area contributed by atoms with Gasteiger partial charge in [-0.2, -0.15) is 0 Å². The second-order valence-corrected chi connectivity index (χ2v) is 4.30. The highest BCUT2D eigenvalue weighted by Crippen LogP contribution is 2.26. The third kappa shape index (κ3) is 1.99. The highest BCUT2D eigenvalue weighted by atomic mass is 16.5. The van der Waals surface area contributed by atoms with Crippen molar-refractivity contribution in [2.45, 2.75) is 26.5 Å². The normalized spacial score (nSPS) is 12.7. The van der Waals surface area contributed by atoms with Crippen LogP contribution in [0.2, 0.25) is 0 Å². The number of ether oxygens (including phenoxy) is 1. The molecule has 1 N–H and O–H groups in total. The Morgan fingerprint density at radius 2 is 2.17 bits per heavy atom. The number of aliphatic hydroxyl groups excluding tert-OH is 1. The molecule has 1 unspecified atom stereocenters. The molecule has 0 aliphatic heterocycles. The van der Waals surface area contributed by atoms with Crippen molar-refractivity contribution in [2.24, 2.45) is 0 Å². The van der Waals surface area contributed by atoms with Gasteiger partial charge in [-0.05, 0) is 36.9 Å². The maximum Gasteiger partial charge on any atom is 0.340 e. The second-order valence-electron chi connectivity index (χ2n) is 4.30. The number of rotatable bonds is 3. The number of carbonyl (C=O) groups excluding carboxylic acids is 1. The van der Waals surface area contributed by atoms with Gasteiger partial charge in [0.2, 0.25) is 0 Å². The summed E-state index contributed by atoms with van der Waals surface area (Å²) < 4.78 is 6.52. The Bertz CT molecular complexity index is 586. The van der Waals surface area contributed by atoms with Gasteiger partial charge in [-0.15, -0.1) is 0 Å². The van der Waals surface area contributed by atoms with Gasteiger partial charge in [0.25, 0.3) is 0 Å². The molecule has 4 nitrogen and oxygen atoms in total. The van der Waals surface area contributed by atoms with Gasteiger partial charge in [0.15, 0.2) is 6.10 Å². The van der Waals surface area contributed by atoms with Crippen molar-refractivity contribution in [3.63, 3.8) is 0 Å². The number of esters is 1. The molecule has 0 bridgehead atoms. The molecule has 18 heavy (non-hydrogen) atoms. The number of hydrogen-bond acceptors (Lipinski definition) is 3. The number of aromatic nitrogens is 1. The largest absolute Gasteiger partial charge is 0.467 e. The fourth-order valence-electron chi connectivity index (χ4n) is 2.20. The summed E-state index contributed by atoms with van der Waals surface area (Å²) in [6.07, 6.45) is -1.23. The molecule has 1 heterocycles. The Balaban J connectivity index is 2.60. The number of methoxy groups -OCH3 is 1. The van der Waals surface area contributed by atoms with Gasteiger partial charge >= 0.3 is 5.97 Å². The highest BCUT2D eigenvalue weighted by Gasteiger charge is 2.22. The van der Waals surface area contributed by atoms with Crippen LogP contribution in [0.5, 0.6) is 0 Å². The fraction of sp³-hybridized carbons (Fsp3) is 0.357. The number of fused-ring (bicyclic) bond motifs is 1. The maximum atomic E-state index is 11.4. The summed E-state index contributed by atoms with van der Waals surface area (Å²) in [6, 6.07) is 7.88. The first-order valence-corrected chi connectivity index (χ1v) is 5.94. The van der Waals surface area contributed by atoms with Crippen LogP contribution in [0.1, 0.15) is 24.3 Å². The predicted molar refractivity (Wildman–Crippen MR) is 69.3 cm³/mol. The van der Waals surface area contributed by atoms with E-state index in [-0.39, 0.29) is 0 Å². The lowest BCUT2D eigenvalue weighted by Crippen LogP contribution is -2.17. The standard InChI is InChI=1S/C14H17NO3/c1-4-15-11-7-9(2)5-6-10(11)8-12(15)13(16)14(17)18-3/h5-8,13,16H,4H2,1-3H3. The first kappa shape index (κ1) is 12.6. The van der Waals surface area contributed by atoms with Crippen LogP contribution in [0.4, 0.5) is 0 Å². The molecule has 0 amide bonds. The lowest BCUT2D eigenvalue weighted by molar-refractivity contribution is -0.151. The van der Waals surface area contributed by atoms with E-state index < -0.39 is 12.1 Å². The molecule has 0 saturated carbocycles. The first-order chi connectivity index (χ1) is 8.58. The van der Waals surface area contributed by atoms with Gasteiger partial charge < -0.3 is 14.4 Å². The molecule has 1 atom stereocenters. The number of benzene rings is 1. The summed E-state index contributed by atoms with van der Waals surface area (Å²) in [5.41, 5.74) is 2.75. The third-order valence-corrected chi connectivity index (χ3v) is 3.11. The SMILES string of the molecule is CCn1c(C(O)C(=O)OC)cc2ccc(C)cc21. The minimum Gasteiger partial charge on any atom is -0.467 e. The molecule has 2 aromatic rings. The molecule has 1 aromatic carbocycles. The van der Waals surface area contributed by atoms with E-state index in [0.717, 1.165) is 16.5 Å². The van der Waals surface area contributed by atoms with Crippen LogP contribution >= 0.6 is 0 Å². The topological polar surface area (TPSA) is 51.5 Å². The Hall–Kier alpha value is -1.81. The molecule has 0 aliphatic rings. The van der Waals surface area contributed by atoms with E-state index in [1.54, 1.807) is 0 Å². The monoisotopic (exact) mass is 247 g/mol. The zero-order valence-electron chi connectivity index (χ0n) is 10.8. The lowest BCUT2D eigenvalue weighted by atomic mass is 10.2. The Morgan fingerprint density at radius 1 is 1.44 bits per heavy atom. The maximum absolute atomic E-state index is 11.4. The van der Waals surface area contributed by atoms with Crippen LogP contribution in [0.25, 0.3) is 10.9 Å². The molecule has 1 aromatic heterocycles. The van der Waals surface area contributed by atoms with Crippen LogP contribution in [-0.2, 0) is 16.1 Å². The molecular weight excluding hydrogens is 230 g/mol. The average molecular weight is 247 g/mol. The van der Waals surface area contributed by atoms with E-state index in [2.05, 4.69) is 4.74 Å². The van der Waals surface area contributed by atoms with E-state index in [0.29, 0.717) is 12.2 Å². The molecule has 0 saturated heterocycles. The summed E-state index contributed by atoms with van der Waals surface area (Å²) in [6.45, 7) is 4.69. The molecule has 0 fully saturated rings. The molecule has 0 spiro atoms. The van der Waals surface area contributed by atoms with Crippen molar-refractivity contribution in [3.8, 4) is 0 Å². The van der Waals surface area contributed by atoms with Crippen LogP contribution in [0.3, 0.4) is 0 Å². The summed E-state index contributed by atoms with van der Waals surface area (Å²) in [4.78, 5) is 11.4. The van der Waals surface area contributed by atoms with Gasteiger partial charge in [0.05, 0.1) is 12.8 Å². The first-order valence-electron chi connectivity index (χ1n) is 5.94. The average Bonchev–Trinajstić information content (AvgIpc) is 2.74. The fourth-order valence-corrected chi connectivity index (χ4v) is 2.20. The predicted octanol–water partition coefficient (Wildman–Crippen LogP) is 2.18. The Kier molecular flexibility index (Phi) is 3.39. The number of nitrogens with zero attached hydrogens (tertiary/aromatic N) is 1. The minimum absolute atomic E-state index is 0.574. The van der Waals surface area contributed by atoms with E-state index in [9.17, 15) is 9.90 Å². The summed E-state index contributed by atoms with van der Waals surface area (Å²) in [5, 5.41) is 11.0. The summed E-state index contributed by atoms with van der Waals surface area (Å²) in [7, 11) is 1.27. The lowest BCUT2D eigenvalue weighted by Gasteiger charge is -2.12. The van der Waals surface area contributed by atoms with Crippen molar-refractivity contribution < 1.29 is 14.6 Å². The van der Waals surface area contributed by atoms with Gasteiger partial charge in [0.1, 0.15) is 0 Å². The smallest absolute Gasteiger partial charge is 0.340 e. The Morgan fingerprint density at radius 3 is 2.78 bits per heavy atom. The van der Waals surface area contributed by atoms with E-state index in [1.807, 2.05) is 42.7 Å². The molecule has 0 radical (unpaired) electrons. The van der Waals surface area contributed by atoms with Crippen molar-refractivity contribution in [2.75, 3.05) is 7.11 Å². The summed E-state index contributed by atoms with van der Waals surface area (Å²) in [5.74, 6) is -0.635. The molecule has 4 heteroatoms.